The van der Waals surface area contributed by atoms with Gasteiger partial charge in [0.05, 0.1) is 19.2 Å². The minimum Gasteiger partial charge on any atom is -0.465 e. The van der Waals surface area contributed by atoms with E-state index in [0.29, 0.717) is 28.4 Å². The van der Waals surface area contributed by atoms with E-state index in [1.54, 1.807) is 29.2 Å². The predicted octanol–water partition coefficient (Wildman–Crippen LogP) is 3.66. The first-order valence-corrected chi connectivity index (χ1v) is 12.9. The fraction of sp³-hybridized carbons (Fsp3) is 0.364. The van der Waals surface area contributed by atoms with E-state index in [-0.39, 0.29) is 28.8 Å². The molecule has 2 aromatic rings. The van der Waals surface area contributed by atoms with E-state index >= 15 is 0 Å². The predicted molar refractivity (Wildman–Crippen MR) is 122 cm³/mol. The molecule has 0 unspecified atom stereocenters. The van der Waals surface area contributed by atoms with Gasteiger partial charge in [0.25, 0.3) is 10.0 Å². The Hall–Kier alpha value is -2.20. The van der Waals surface area contributed by atoms with Crippen molar-refractivity contribution < 1.29 is 22.7 Å². The summed E-state index contributed by atoms with van der Waals surface area (Å²) >= 11 is 6.91. The van der Waals surface area contributed by atoms with Gasteiger partial charge in [0, 0.05) is 28.6 Å². The van der Waals surface area contributed by atoms with E-state index < -0.39 is 16.0 Å². The van der Waals surface area contributed by atoms with Crippen LogP contribution in [0.15, 0.2) is 40.1 Å². The van der Waals surface area contributed by atoms with Crippen molar-refractivity contribution in [3.05, 3.63) is 62.5 Å². The first-order valence-electron chi connectivity index (χ1n) is 10.3. The number of rotatable bonds is 6. The second-order valence-electron chi connectivity index (χ2n) is 7.71. The number of amides is 1. The largest absolute Gasteiger partial charge is 0.465 e. The molecule has 1 aromatic carbocycles. The van der Waals surface area contributed by atoms with Crippen LogP contribution in [-0.2, 0) is 39.1 Å². The number of methoxy groups -OCH3 is 1. The molecule has 170 valence electrons. The van der Waals surface area contributed by atoms with Gasteiger partial charge >= 0.3 is 5.97 Å². The number of sulfonamides is 1. The van der Waals surface area contributed by atoms with Crippen LogP contribution in [0.3, 0.4) is 0 Å². The standard InChI is InChI=1S/C22H23ClN2O5S2/c1-30-21(27)19-17-10-11-25(20(26)15-4-2-3-5-15)13-18(17)31-22(19)32(28,29)24-12-14-6-8-16(23)9-7-14/h4,6-9,24H,2-3,5,10-13H2,1H3. The Balaban J connectivity index is 1.61. The first kappa shape index (κ1) is 23.0. The van der Waals surface area contributed by atoms with Gasteiger partial charge in [0.2, 0.25) is 5.91 Å². The summed E-state index contributed by atoms with van der Waals surface area (Å²) in [6, 6.07) is 6.82. The molecule has 2 aliphatic rings. The van der Waals surface area contributed by atoms with E-state index in [2.05, 4.69) is 4.72 Å². The first-order chi connectivity index (χ1) is 15.3. The Morgan fingerprint density at radius 3 is 2.62 bits per heavy atom. The molecule has 0 spiro atoms. The molecular weight excluding hydrogens is 472 g/mol. The normalized spacial score (nSPS) is 15.9. The molecule has 1 aliphatic heterocycles. The highest BCUT2D eigenvalue weighted by molar-refractivity contribution is 7.91. The van der Waals surface area contributed by atoms with Gasteiger partial charge in [-0.2, -0.15) is 0 Å². The molecule has 0 saturated carbocycles. The summed E-state index contributed by atoms with van der Waals surface area (Å²) in [6.45, 7) is 0.774. The Kier molecular flexibility index (Phi) is 6.71. The van der Waals surface area contributed by atoms with E-state index in [1.807, 2.05) is 6.08 Å². The summed E-state index contributed by atoms with van der Waals surface area (Å²) in [5.41, 5.74) is 2.28. The minimum absolute atomic E-state index is 0.00793. The number of carbonyl (C=O) groups excluding carboxylic acids is 2. The van der Waals surface area contributed by atoms with Crippen LogP contribution < -0.4 is 4.72 Å². The number of esters is 1. The molecule has 0 bridgehead atoms. The van der Waals surface area contributed by atoms with Crippen LogP contribution in [0.25, 0.3) is 0 Å². The van der Waals surface area contributed by atoms with E-state index in [0.717, 1.165) is 41.7 Å². The minimum atomic E-state index is -3.98. The summed E-state index contributed by atoms with van der Waals surface area (Å²) < 4.78 is 33.7. The van der Waals surface area contributed by atoms with E-state index in [9.17, 15) is 18.0 Å². The van der Waals surface area contributed by atoms with Crippen LogP contribution in [0.5, 0.6) is 0 Å². The third kappa shape index (κ3) is 4.61. The van der Waals surface area contributed by atoms with Gasteiger partial charge in [-0.1, -0.05) is 29.8 Å². The van der Waals surface area contributed by atoms with Crippen molar-refractivity contribution in [1.29, 1.82) is 0 Å². The molecule has 4 rings (SSSR count). The van der Waals surface area contributed by atoms with E-state index in [1.165, 1.54) is 7.11 Å². The number of hydrogen-bond acceptors (Lipinski definition) is 6. The van der Waals surface area contributed by atoms with Crippen molar-refractivity contribution in [3.63, 3.8) is 0 Å². The van der Waals surface area contributed by atoms with Gasteiger partial charge in [0.1, 0.15) is 4.21 Å². The third-order valence-electron chi connectivity index (χ3n) is 5.64. The molecule has 0 saturated heterocycles. The van der Waals surface area contributed by atoms with Crippen molar-refractivity contribution in [1.82, 2.24) is 9.62 Å². The average Bonchev–Trinajstić information content (AvgIpc) is 3.46. The Morgan fingerprint density at radius 1 is 1.22 bits per heavy atom. The number of hydrogen-bond donors (Lipinski definition) is 1. The number of nitrogens with one attached hydrogen (secondary N) is 1. The number of thiophene rings is 1. The maximum Gasteiger partial charge on any atom is 0.340 e. The quantitative estimate of drug-likeness (QED) is 0.618. The number of ether oxygens (including phenoxy) is 1. The maximum absolute atomic E-state index is 13.1. The van der Waals surface area contributed by atoms with Gasteiger partial charge in [-0.15, -0.1) is 11.3 Å². The van der Waals surface area contributed by atoms with Gasteiger partial charge < -0.3 is 9.64 Å². The smallest absolute Gasteiger partial charge is 0.340 e. The van der Waals surface area contributed by atoms with Crippen LogP contribution in [0.4, 0.5) is 0 Å². The van der Waals surface area contributed by atoms with Crippen LogP contribution in [-0.4, -0.2) is 38.8 Å². The van der Waals surface area contributed by atoms with Crippen LogP contribution in [0.1, 0.15) is 45.6 Å². The lowest BCUT2D eigenvalue weighted by Crippen LogP contribution is -2.36. The maximum atomic E-state index is 13.1. The molecular formula is C22H23ClN2O5S2. The van der Waals surface area contributed by atoms with E-state index in [4.69, 9.17) is 16.3 Å². The highest BCUT2D eigenvalue weighted by atomic mass is 35.5. The molecule has 10 heteroatoms. The molecule has 32 heavy (non-hydrogen) atoms. The Labute approximate surface area is 196 Å². The fourth-order valence-corrected chi connectivity index (χ4v) is 7.05. The van der Waals surface area contributed by atoms with Crippen molar-refractivity contribution in [2.24, 2.45) is 0 Å². The van der Waals surface area contributed by atoms with Gasteiger partial charge in [0.15, 0.2) is 0 Å². The van der Waals surface area contributed by atoms with Gasteiger partial charge in [-0.25, -0.2) is 17.9 Å². The molecule has 0 radical (unpaired) electrons. The second-order valence-corrected chi connectivity index (χ2v) is 11.2. The number of carbonyl (C=O) groups is 2. The molecule has 1 aromatic heterocycles. The van der Waals surface area contributed by atoms with Gasteiger partial charge in [-0.3, -0.25) is 4.79 Å². The Bertz CT molecular complexity index is 1190. The fourth-order valence-electron chi connectivity index (χ4n) is 3.96. The number of nitrogens with zero attached hydrogens (tertiary/aromatic N) is 1. The highest BCUT2D eigenvalue weighted by Gasteiger charge is 2.35. The second kappa shape index (κ2) is 9.35. The lowest BCUT2D eigenvalue weighted by Gasteiger charge is -2.27. The van der Waals surface area contributed by atoms with Crippen LogP contribution in [0.2, 0.25) is 5.02 Å². The zero-order valence-electron chi connectivity index (χ0n) is 17.5. The third-order valence-corrected chi connectivity index (χ3v) is 9.03. The molecule has 1 aliphatic carbocycles. The molecule has 1 amide bonds. The van der Waals surface area contributed by atoms with Crippen molar-refractivity contribution in [2.45, 2.75) is 43.0 Å². The number of benzene rings is 1. The summed E-state index contributed by atoms with van der Waals surface area (Å²) in [4.78, 5) is 27.8. The Morgan fingerprint density at radius 2 is 1.97 bits per heavy atom. The monoisotopic (exact) mass is 494 g/mol. The molecule has 2 heterocycles. The zero-order valence-corrected chi connectivity index (χ0v) is 19.9. The average molecular weight is 495 g/mol. The van der Waals surface area contributed by atoms with Crippen LogP contribution in [0, 0.1) is 0 Å². The number of allylic oxidation sites excluding steroid dienone is 1. The van der Waals surface area contributed by atoms with Crippen molar-refractivity contribution >= 4 is 44.8 Å². The molecule has 1 N–H and O–H groups in total. The molecule has 0 atom stereocenters. The van der Waals surface area contributed by atoms with Gasteiger partial charge in [-0.05, 0) is 48.9 Å². The van der Waals surface area contributed by atoms with Crippen molar-refractivity contribution in [3.8, 4) is 0 Å². The lowest BCUT2D eigenvalue weighted by molar-refractivity contribution is -0.128. The summed E-state index contributed by atoms with van der Waals surface area (Å²) in [6.07, 6.45) is 5.04. The SMILES string of the molecule is COC(=O)c1c(S(=O)(=O)NCc2ccc(Cl)cc2)sc2c1CCN(C(=O)C1=CCCC1)C2. The lowest BCUT2D eigenvalue weighted by atomic mass is 10.0. The zero-order chi connectivity index (χ0) is 22.9. The summed E-state index contributed by atoms with van der Waals surface area (Å²) in [5, 5.41) is 0.558. The van der Waals surface area contributed by atoms with Crippen molar-refractivity contribution in [2.75, 3.05) is 13.7 Å². The summed E-state index contributed by atoms with van der Waals surface area (Å²) in [7, 11) is -2.75. The number of halogens is 1. The topological polar surface area (TPSA) is 92.8 Å². The molecule has 0 fully saturated rings. The number of fused-ring (bicyclic) bond motifs is 1. The highest BCUT2D eigenvalue weighted by Crippen LogP contribution is 2.37. The summed E-state index contributed by atoms with van der Waals surface area (Å²) in [5.74, 6) is -0.695. The van der Waals surface area contributed by atoms with Crippen LogP contribution >= 0.6 is 22.9 Å². The molecule has 7 nitrogen and oxygen atoms in total.